The van der Waals surface area contributed by atoms with Crippen LogP contribution >= 0.6 is 0 Å². The Hall–Kier alpha value is -1.04. The Labute approximate surface area is 76.0 Å². The average molecular weight is 162 g/mol. The minimum absolute atomic E-state index is 0.613. The molecule has 0 rings (SSSR count). The number of allylic oxidation sites excluding steroid dienone is 6. The van der Waals surface area contributed by atoms with E-state index in [4.69, 9.17) is 0 Å². The Bertz CT molecular complexity index is 192. The van der Waals surface area contributed by atoms with E-state index in [1.54, 1.807) is 0 Å². The van der Waals surface area contributed by atoms with Gasteiger partial charge < -0.3 is 0 Å². The molecule has 0 saturated heterocycles. The minimum Gasteiger partial charge on any atom is -0.103 e. The topological polar surface area (TPSA) is 0 Å². The van der Waals surface area contributed by atoms with Crippen LogP contribution < -0.4 is 0 Å². The van der Waals surface area contributed by atoms with Crippen molar-refractivity contribution < 1.29 is 0 Å². The fraction of sp³-hybridized carbons (Fsp3) is 0.333. The Morgan fingerprint density at radius 2 is 2.00 bits per heavy atom. The summed E-state index contributed by atoms with van der Waals surface area (Å²) in [5, 5.41) is 0. The average Bonchev–Trinajstić information content (AvgIpc) is 1.98. The molecule has 0 saturated carbocycles. The van der Waals surface area contributed by atoms with Gasteiger partial charge >= 0.3 is 0 Å². The summed E-state index contributed by atoms with van der Waals surface area (Å²) < 4.78 is 0. The smallest absolute Gasteiger partial charge is 0.0106 e. The Balaban J connectivity index is 3.75. The van der Waals surface area contributed by atoms with Crippen molar-refractivity contribution in [2.24, 2.45) is 5.92 Å². The molecule has 0 nitrogen and oxygen atoms in total. The normalized spacial score (nSPS) is 11.6. The summed E-state index contributed by atoms with van der Waals surface area (Å²) in [5.41, 5.74) is 1.10. The van der Waals surface area contributed by atoms with Crippen LogP contribution in [0, 0.1) is 5.92 Å². The predicted molar refractivity (Wildman–Crippen MR) is 57.1 cm³/mol. The van der Waals surface area contributed by atoms with E-state index in [2.05, 4.69) is 39.2 Å². The molecule has 0 amide bonds. The lowest BCUT2D eigenvalue weighted by Gasteiger charge is -1.91. The van der Waals surface area contributed by atoms with Gasteiger partial charge in [0.1, 0.15) is 0 Å². The molecule has 0 unspecified atom stereocenters. The van der Waals surface area contributed by atoms with Crippen LogP contribution in [0.3, 0.4) is 0 Å². The van der Waals surface area contributed by atoms with Gasteiger partial charge in [0.15, 0.2) is 0 Å². The van der Waals surface area contributed by atoms with Crippen molar-refractivity contribution in [3.63, 3.8) is 0 Å². The molecule has 0 aliphatic heterocycles. The van der Waals surface area contributed by atoms with Crippen LogP contribution in [0.4, 0.5) is 0 Å². The molecule has 0 heterocycles. The Kier molecular flexibility index (Phi) is 6.08. The first-order chi connectivity index (χ1) is 5.66. The van der Waals surface area contributed by atoms with Gasteiger partial charge in [-0.3, -0.25) is 0 Å². The van der Waals surface area contributed by atoms with Crippen LogP contribution in [0.1, 0.15) is 20.3 Å². The van der Waals surface area contributed by atoms with Crippen LogP contribution in [0.2, 0.25) is 0 Å². The summed E-state index contributed by atoms with van der Waals surface area (Å²) in [6.45, 7) is 11.8. The van der Waals surface area contributed by atoms with E-state index in [0.29, 0.717) is 5.92 Å². The summed E-state index contributed by atoms with van der Waals surface area (Å²) in [6, 6.07) is 0. The van der Waals surface area contributed by atoms with Crippen molar-refractivity contribution in [2.45, 2.75) is 20.3 Å². The summed E-state index contributed by atoms with van der Waals surface area (Å²) >= 11 is 0. The van der Waals surface area contributed by atoms with E-state index >= 15 is 0 Å². The molecule has 66 valence electrons. The lowest BCUT2D eigenvalue weighted by molar-refractivity contribution is 0.832. The van der Waals surface area contributed by atoms with Gasteiger partial charge in [0, 0.05) is 0 Å². The van der Waals surface area contributed by atoms with Gasteiger partial charge in [-0.1, -0.05) is 56.4 Å². The van der Waals surface area contributed by atoms with Crippen molar-refractivity contribution in [3.05, 3.63) is 49.1 Å². The second-order valence-electron chi connectivity index (χ2n) is 3.14. The molecule has 0 aromatic heterocycles. The molecule has 12 heavy (non-hydrogen) atoms. The molecular formula is C12H18. The van der Waals surface area contributed by atoms with Gasteiger partial charge in [0.2, 0.25) is 0 Å². The monoisotopic (exact) mass is 162 g/mol. The third-order valence-electron chi connectivity index (χ3n) is 1.35. The van der Waals surface area contributed by atoms with Gasteiger partial charge in [-0.25, -0.2) is 0 Å². The first-order valence-electron chi connectivity index (χ1n) is 4.30. The Morgan fingerprint density at radius 3 is 2.50 bits per heavy atom. The largest absolute Gasteiger partial charge is 0.103 e. The van der Waals surface area contributed by atoms with Crippen molar-refractivity contribution in [2.75, 3.05) is 0 Å². The molecule has 0 aromatic rings. The van der Waals surface area contributed by atoms with Crippen LogP contribution in [0.15, 0.2) is 49.1 Å². The molecule has 0 heteroatoms. The third-order valence-corrected chi connectivity index (χ3v) is 1.35. The molecule has 0 aliphatic carbocycles. The SMILES string of the molecule is C=CCC(=C)/C=C\C=C/C(C)C. The summed E-state index contributed by atoms with van der Waals surface area (Å²) in [7, 11) is 0. The summed E-state index contributed by atoms with van der Waals surface area (Å²) in [6.07, 6.45) is 11.0. The first kappa shape index (κ1) is 11.0. The third kappa shape index (κ3) is 7.07. The molecule has 0 aliphatic rings. The lowest BCUT2D eigenvalue weighted by atomic mass is 10.2. The molecule has 0 aromatic carbocycles. The summed E-state index contributed by atoms with van der Waals surface area (Å²) in [5.74, 6) is 0.613. The zero-order chi connectivity index (χ0) is 9.40. The van der Waals surface area contributed by atoms with Crippen molar-refractivity contribution in [1.82, 2.24) is 0 Å². The van der Waals surface area contributed by atoms with Crippen molar-refractivity contribution in [3.8, 4) is 0 Å². The minimum atomic E-state index is 0.613. The Morgan fingerprint density at radius 1 is 1.33 bits per heavy atom. The fourth-order valence-corrected chi connectivity index (χ4v) is 0.731. The number of hydrogen-bond donors (Lipinski definition) is 0. The first-order valence-corrected chi connectivity index (χ1v) is 4.30. The summed E-state index contributed by atoms with van der Waals surface area (Å²) in [4.78, 5) is 0. The van der Waals surface area contributed by atoms with E-state index in [0.717, 1.165) is 12.0 Å². The highest BCUT2D eigenvalue weighted by molar-refractivity contribution is 5.21. The van der Waals surface area contributed by atoms with Gasteiger partial charge in [-0.2, -0.15) is 0 Å². The molecule has 0 bridgehead atoms. The fourth-order valence-electron chi connectivity index (χ4n) is 0.731. The van der Waals surface area contributed by atoms with Crippen LogP contribution in [0.5, 0.6) is 0 Å². The van der Waals surface area contributed by atoms with Crippen molar-refractivity contribution in [1.29, 1.82) is 0 Å². The molecule has 0 fully saturated rings. The van der Waals surface area contributed by atoms with Crippen molar-refractivity contribution >= 4 is 0 Å². The van der Waals surface area contributed by atoms with E-state index in [1.165, 1.54) is 0 Å². The maximum Gasteiger partial charge on any atom is -0.0106 e. The second kappa shape index (κ2) is 6.66. The molecule has 0 atom stereocenters. The van der Waals surface area contributed by atoms with Gasteiger partial charge in [0.05, 0.1) is 0 Å². The zero-order valence-corrected chi connectivity index (χ0v) is 8.09. The zero-order valence-electron chi connectivity index (χ0n) is 8.09. The molecular weight excluding hydrogens is 144 g/mol. The van der Waals surface area contributed by atoms with Gasteiger partial charge in [-0.05, 0) is 12.3 Å². The predicted octanol–water partition coefficient (Wildman–Crippen LogP) is 3.89. The quantitative estimate of drug-likeness (QED) is 0.425. The highest BCUT2D eigenvalue weighted by Crippen LogP contribution is 2.00. The lowest BCUT2D eigenvalue weighted by Crippen LogP contribution is -1.75. The van der Waals surface area contributed by atoms with Gasteiger partial charge in [0.25, 0.3) is 0 Å². The van der Waals surface area contributed by atoms with Gasteiger partial charge in [-0.15, -0.1) is 6.58 Å². The second-order valence-corrected chi connectivity index (χ2v) is 3.14. The van der Waals surface area contributed by atoms with E-state index in [1.807, 2.05) is 18.2 Å². The maximum atomic E-state index is 3.87. The van der Waals surface area contributed by atoms with Crippen LogP contribution in [-0.4, -0.2) is 0 Å². The maximum absolute atomic E-state index is 3.87. The van der Waals surface area contributed by atoms with Crippen LogP contribution in [0.25, 0.3) is 0 Å². The standard InChI is InChI=1S/C12H18/c1-5-8-12(4)10-7-6-9-11(2)3/h5-7,9-11H,1,4,8H2,2-3H3/b9-6-,10-7-. The number of rotatable bonds is 5. The van der Waals surface area contributed by atoms with E-state index in [9.17, 15) is 0 Å². The van der Waals surface area contributed by atoms with E-state index < -0.39 is 0 Å². The highest BCUT2D eigenvalue weighted by Gasteiger charge is 1.82. The highest BCUT2D eigenvalue weighted by atomic mass is 13.9. The number of hydrogen-bond acceptors (Lipinski definition) is 0. The van der Waals surface area contributed by atoms with Crippen LogP contribution in [-0.2, 0) is 0 Å². The molecule has 0 radical (unpaired) electrons. The molecule has 0 N–H and O–H groups in total. The van der Waals surface area contributed by atoms with E-state index in [-0.39, 0.29) is 0 Å². The molecule has 0 spiro atoms.